The van der Waals surface area contributed by atoms with Crippen molar-refractivity contribution in [3.63, 3.8) is 0 Å². The number of ether oxygens (including phenoxy) is 1. The van der Waals surface area contributed by atoms with Crippen molar-refractivity contribution < 1.29 is 14.3 Å². The average Bonchev–Trinajstić information content (AvgIpc) is 3.22. The molecule has 1 amide bonds. The van der Waals surface area contributed by atoms with Crippen molar-refractivity contribution in [1.82, 2.24) is 20.0 Å². The number of aryl methyl sites for hydroxylation is 1. The molecule has 0 fully saturated rings. The molecule has 2 heterocycles. The molecule has 28 heavy (non-hydrogen) atoms. The van der Waals surface area contributed by atoms with Crippen LogP contribution in [0.5, 0.6) is 0 Å². The van der Waals surface area contributed by atoms with Crippen molar-refractivity contribution >= 4 is 17.7 Å². The normalized spacial score (nSPS) is 10.5. The summed E-state index contributed by atoms with van der Waals surface area (Å²) < 4.78 is 6.85. The maximum absolute atomic E-state index is 12.5. The molecular weight excluding hydrogens is 358 g/mol. The molecule has 0 aliphatic carbocycles. The van der Waals surface area contributed by atoms with E-state index in [9.17, 15) is 9.59 Å². The molecule has 0 unspecified atom stereocenters. The molecule has 1 aromatic carbocycles. The van der Waals surface area contributed by atoms with Gasteiger partial charge in [0.05, 0.1) is 18.4 Å². The molecule has 0 spiro atoms. The molecule has 0 aliphatic heterocycles. The third-order valence-corrected chi connectivity index (χ3v) is 4.08. The number of hydrogen-bond donors (Lipinski definition) is 0. The zero-order valence-corrected chi connectivity index (χ0v) is 15.6. The number of unbranched alkanes of at least 4 members (excludes halogenated alkanes) is 1. The van der Waals surface area contributed by atoms with Crippen LogP contribution in [0.3, 0.4) is 0 Å². The van der Waals surface area contributed by atoms with Gasteiger partial charge in [-0.15, -0.1) is 5.10 Å². The average molecular weight is 379 g/mol. The number of amides is 1. The van der Waals surface area contributed by atoms with Gasteiger partial charge in [-0.1, -0.05) is 29.5 Å². The molecule has 0 atom stereocenters. The number of nitrogens with zero attached hydrogens (tertiary/aromatic N) is 5. The van der Waals surface area contributed by atoms with Crippen molar-refractivity contribution in [3.8, 4) is 0 Å². The highest BCUT2D eigenvalue weighted by Crippen LogP contribution is 2.10. The monoisotopic (exact) mass is 379 g/mol. The van der Waals surface area contributed by atoms with Crippen LogP contribution in [0, 0.1) is 0 Å². The highest BCUT2D eigenvalue weighted by Gasteiger charge is 2.17. The van der Waals surface area contributed by atoms with Crippen LogP contribution in [0.25, 0.3) is 0 Å². The highest BCUT2D eigenvalue weighted by atomic mass is 16.5. The molecule has 0 saturated heterocycles. The highest BCUT2D eigenvalue weighted by molar-refractivity contribution is 6.03. The number of anilines is 1. The van der Waals surface area contributed by atoms with Gasteiger partial charge in [0.15, 0.2) is 5.69 Å². The van der Waals surface area contributed by atoms with Gasteiger partial charge in [0.2, 0.25) is 0 Å². The smallest absolute Gasteiger partial charge is 0.338 e. The van der Waals surface area contributed by atoms with Crippen molar-refractivity contribution in [2.24, 2.45) is 0 Å². The van der Waals surface area contributed by atoms with E-state index >= 15 is 0 Å². The zero-order valence-electron chi connectivity index (χ0n) is 15.6. The number of pyridine rings is 1. The fourth-order valence-electron chi connectivity index (χ4n) is 2.53. The van der Waals surface area contributed by atoms with Crippen LogP contribution in [0.15, 0.2) is 60.9 Å². The second-order valence-corrected chi connectivity index (χ2v) is 6.13. The molecule has 0 bridgehead atoms. The van der Waals surface area contributed by atoms with Crippen molar-refractivity contribution in [1.29, 1.82) is 0 Å². The minimum atomic E-state index is -0.327. The number of hydrogen-bond acceptors (Lipinski definition) is 6. The third-order valence-electron chi connectivity index (χ3n) is 4.08. The van der Waals surface area contributed by atoms with Crippen LogP contribution < -0.4 is 4.90 Å². The molecule has 144 valence electrons. The molecule has 0 saturated carbocycles. The number of esters is 1. The van der Waals surface area contributed by atoms with Gasteiger partial charge < -0.3 is 4.74 Å². The molecule has 8 nitrogen and oxygen atoms in total. The Morgan fingerprint density at radius 2 is 1.86 bits per heavy atom. The fraction of sp³-hybridized carbons (Fsp3) is 0.250. The lowest BCUT2D eigenvalue weighted by molar-refractivity contribution is 0.0497. The van der Waals surface area contributed by atoms with E-state index in [1.807, 2.05) is 12.1 Å². The van der Waals surface area contributed by atoms with Crippen molar-refractivity contribution in [2.45, 2.75) is 19.4 Å². The summed E-state index contributed by atoms with van der Waals surface area (Å²) in [6.45, 7) is 0.910. The van der Waals surface area contributed by atoms with E-state index in [-0.39, 0.29) is 17.6 Å². The number of rotatable bonds is 8. The summed E-state index contributed by atoms with van der Waals surface area (Å²) in [5, 5.41) is 7.92. The van der Waals surface area contributed by atoms with Crippen LogP contribution in [0.1, 0.15) is 33.7 Å². The lowest BCUT2D eigenvalue weighted by Gasteiger charge is -2.13. The molecule has 3 aromatic rings. The van der Waals surface area contributed by atoms with Crippen molar-refractivity contribution in [2.75, 3.05) is 18.6 Å². The minimum absolute atomic E-state index is 0.253. The molecule has 3 rings (SSSR count). The van der Waals surface area contributed by atoms with E-state index < -0.39 is 0 Å². The summed E-state index contributed by atoms with van der Waals surface area (Å²) in [6, 6.07) is 14.2. The first-order valence-corrected chi connectivity index (χ1v) is 8.96. The van der Waals surface area contributed by atoms with Gasteiger partial charge >= 0.3 is 5.97 Å². The topological polar surface area (TPSA) is 90.2 Å². The molecule has 0 radical (unpaired) electrons. The SMILES string of the molecule is CN(C(=O)c1cn(CCCCOC(=O)c2ccccc2)nn1)c1ccccn1. The van der Waals surface area contributed by atoms with Gasteiger partial charge in [-0.05, 0) is 37.1 Å². The Morgan fingerprint density at radius 1 is 1.07 bits per heavy atom. The van der Waals surface area contributed by atoms with Crippen molar-refractivity contribution in [3.05, 3.63) is 72.2 Å². The lowest BCUT2D eigenvalue weighted by Crippen LogP contribution is -2.27. The Hall–Kier alpha value is -3.55. The van der Waals surface area contributed by atoms with Gasteiger partial charge in [0, 0.05) is 19.8 Å². The summed E-state index contributed by atoms with van der Waals surface area (Å²) >= 11 is 0. The molecule has 0 N–H and O–H groups in total. The predicted molar refractivity (Wildman–Crippen MR) is 103 cm³/mol. The van der Waals surface area contributed by atoms with Crippen LogP contribution in [-0.4, -0.2) is 45.5 Å². The summed E-state index contributed by atoms with van der Waals surface area (Å²) in [6.07, 6.45) is 4.67. The Labute approximate surface area is 162 Å². The van der Waals surface area contributed by atoms with E-state index in [1.54, 1.807) is 60.5 Å². The van der Waals surface area contributed by atoms with Crippen LogP contribution in [0.4, 0.5) is 5.82 Å². The molecule has 8 heteroatoms. The number of carbonyl (C=O) groups is 2. The fourth-order valence-corrected chi connectivity index (χ4v) is 2.53. The molecule has 2 aromatic heterocycles. The predicted octanol–water partition coefficient (Wildman–Crippen LogP) is 2.59. The maximum Gasteiger partial charge on any atom is 0.338 e. The van der Waals surface area contributed by atoms with Gasteiger partial charge in [-0.2, -0.15) is 0 Å². The number of carbonyl (C=O) groups excluding carboxylic acids is 2. The summed E-state index contributed by atoms with van der Waals surface area (Å²) in [5.41, 5.74) is 0.794. The van der Waals surface area contributed by atoms with E-state index in [0.29, 0.717) is 31.0 Å². The van der Waals surface area contributed by atoms with Crippen LogP contribution in [-0.2, 0) is 11.3 Å². The number of benzene rings is 1. The summed E-state index contributed by atoms with van der Waals surface area (Å²) in [4.78, 5) is 29.9. The first kappa shape index (κ1) is 19.2. The summed E-state index contributed by atoms with van der Waals surface area (Å²) in [5.74, 6) is -0.0594. The Morgan fingerprint density at radius 3 is 2.61 bits per heavy atom. The second kappa shape index (κ2) is 9.40. The van der Waals surface area contributed by atoms with Gasteiger partial charge in [-0.25, -0.2) is 9.78 Å². The number of aromatic nitrogens is 4. The van der Waals surface area contributed by atoms with Crippen LogP contribution in [0.2, 0.25) is 0 Å². The quantitative estimate of drug-likeness (QED) is 0.441. The van der Waals surface area contributed by atoms with E-state index in [1.165, 1.54) is 4.90 Å². The standard InChI is InChI=1S/C20H21N5O3/c1-24(18-11-5-6-12-21-18)19(26)17-15-25(23-22-17)13-7-8-14-28-20(27)16-9-3-2-4-10-16/h2-6,9-12,15H,7-8,13-14H2,1H3. The zero-order chi connectivity index (χ0) is 19.8. The third kappa shape index (κ3) is 5.00. The molecule has 0 aliphatic rings. The van der Waals surface area contributed by atoms with Gasteiger partial charge in [0.25, 0.3) is 5.91 Å². The maximum atomic E-state index is 12.5. The Kier molecular flexibility index (Phi) is 6.46. The largest absolute Gasteiger partial charge is 0.462 e. The second-order valence-electron chi connectivity index (χ2n) is 6.13. The first-order chi connectivity index (χ1) is 13.6. The van der Waals surface area contributed by atoms with E-state index in [2.05, 4.69) is 15.3 Å². The molecular formula is C20H21N5O3. The van der Waals surface area contributed by atoms with Gasteiger partial charge in [0.1, 0.15) is 5.82 Å². The van der Waals surface area contributed by atoms with E-state index in [0.717, 1.165) is 6.42 Å². The minimum Gasteiger partial charge on any atom is -0.462 e. The Balaban J connectivity index is 1.42. The van der Waals surface area contributed by atoms with Crippen LogP contribution >= 0.6 is 0 Å². The lowest BCUT2D eigenvalue weighted by atomic mass is 10.2. The van der Waals surface area contributed by atoms with Gasteiger partial charge in [-0.3, -0.25) is 14.4 Å². The Bertz CT molecular complexity index is 912. The first-order valence-electron chi connectivity index (χ1n) is 8.96. The van der Waals surface area contributed by atoms with E-state index in [4.69, 9.17) is 4.74 Å². The summed E-state index contributed by atoms with van der Waals surface area (Å²) in [7, 11) is 1.64.